The van der Waals surface area contributed by atoms with Crippen molar-refractivity contribution in [1.29, 1.82) is 0 Å². The van der Waals surface area contributed by atoms with Gasteiger partial charge in [-0.05, 0) is 20.6 Å². The smallest absolute Gasteiger partial charge is 0.261 e. The third-order valence-corrected chi connectivity index (χ3v) is 2.20. The molecule has 0 unspecified atom stereocenters. The second kappa shape index (κ2) is 5.90. The second-order valence-electron chi connectivity index (χ2n) is 3.94. The highest BCUT2D eigenvalue weighted by molar-refractivity contribution is 6.50. The first-order valence-electron chi connectivity index (χ1n) is 5.69. The van der Waals surface area contributed by atoms with Crippen molar-refractivity contribution >= 4 is 35.0 Å². The van der Waals surface area contributed by atoms with E-state index in [0.717, 1.165) is 0 Å². The first-order chi connectivity index (χ1) is 10.4. The van der Waals surface area contributed by atoms with Crippen LogP contribution in [0.4, 0.5) is 11.6 Å². The molecule has 0 fully saturated rings. The molecular formula is C10H8N6O6. The summed E-state index contributed by atoms with van der Waals surface area (Å²) in [7, 11) is 0. The molecule has 0 atom stereocenters. The van der Waals surface area contributed by atoms with Crippen molar-refractivity contribution in [2.24, 2.45) is 0 Å². The standard InChI is InChI=1S/C10H8N6O6/c1-3(17)11-9-5(13-21-15-9)7(19)8(20)6-10(12-4(2)18)16-22-14-6/h1-2H3,(H,11,15,17)(H,12,16,18). The van der Waals surface area contributed by atoms with Crippen LogP contribution in [0.5, 0.6) is 0 Å². The van der Waals surface area contributed by atoms with E-state index in [9.17, 15) is 19.2 Å². The molecule has 12 nitrogen and oxygen atoms in total. The van der Waals surface area contributed by atoms with Crippen LogP contribution in [0.2, 0.25) is 0 Å². The largest absolute Gasteiger partial charge is 0.306 e. The zero-order chi connectivity index (χ0) is 16.3. The number of anilines is 2. The maximum atomic E-state index is 12.1. The monoisotopic (exact) mass is 308 g/mol. The number of nitrogens with one attached hydrogen (secondary N) is 2. The molecule has 0 aliphatic heterocycles. The molecule has 2 aromatic heterocycles. The Morgan fingerprint density at radius 1 is 0.727 bits per heavy atom. The molecule has 2 aromatic rings. The number of hydrogen-bond donors (Lipinski definition) is 2. The van der Waals surface area contributed by atoms with Gasteiger partial charge in [-0.15, -0.1) is 0 Å². The minimum Gasteiger partial charge on any atom is -0.306 e. The van der Waals surface area contributed by atoms with Crippen molar-refractivity contribution in [2.45, 2.75) is 13.8 Å². The highest BCUT2D eigenvalue weighted by Crippen LogP contribution is 2.16. The lowest BCUT2D eigenvalue weighted by molar-refractivity contribution is -0.115. The molecule has 0 bridgehead atoms. The van der Waals surface area contributed by atoms with Crippen molar-refractivity contribution in [3.63, 3.8) is 0 Å². The number of Topliss-reactive ketones (excluding diaryl/α,β-unsaturated/α-hetero) is 2. The third kappa shape index (κ3) is 3.00. The number of nitrogens with zero attached hydrogens (tertiary/aromatic N) is 4. The van der Waals surface area contributed by atoms with Crippen LogP contribution in [0.3, 0.4) is 0 Å². The van der Waals surface area contributed by atoms with Gasteiger partial charge in [0.2, 0.25) is 34.8 Å². The number of ketones is 2. The molecule has 0 saturated heterocycles. The summed E-state index contributed by atoms with van der Waals surface area (Å²) in [6.07, 6.45) is 0. The molecule has 2 heterocycles. The Labute approximate surface area is 121 Å². The Bertz CT molecular complexity index is 697. The first-order valence-corrected chi connectivity index (χ1v) is 5.69. The van der Waals surface area contributed by atoms with Crippen LogP contribution in [-0.4, -0.2) is 44.0 Å². The van der Waals surface area contributed by atoms with Gasteiger partial charge in [0.25, 0.3) is 11.6 Å². The summed E-state index contributed by atoms with van der Waals surface area (Å²) in [6.45, 7) is 2.34. The minimum absolute atomic E-state index is 0.316. The molecule has 0 aliphatic carbocycles. The summed E-state index contributed by atoms with van der Waals surface area (Å²) in [5, 5.41) is 17.4. The summed E-state index contributed by atoms with van der Waals surface area (Å²) in [4.78, 5) is 46.0. The lowest BCUT2D eigenvalue weighted by Crippen LogP contribution is -2.20. The van der Waals surface area contributed by atoms with Gasteiger partial charge in [-0.25, -0.2) is 9.26 Å². The average molecular weight is 308 g/mol. The van der Waals surface area contributed by atoms with E-state index in [1.165, 1.54) is 13.8 Å². The maximum Gasteiger partial charge on any atom is 0.261 e. The van der Waals surface area contributed by atoms with E-state index in [1.807, 2.05) is 0 Å². The molecular weight excluding hydrogens is 300 g/mol. The Morgan fingerprint density at radius 2 is 1.09 bits per heavy atom. The molecule has 0 aliphatic rings. The first kappa shape index (κ1) is 15.0. The fourth-order valence-electron chi connectivity index (χ4n) is 1.39. The highest BCUT2D eigenvalue weighted by atomic mass is 16.6. The van der Waals surface area contributed by atoms with E-state index in [-0.39, 0.29) is 11.6 Å². The summed E-state index contributed by atoms with van der Waals surface area (Å²) in [6, 6.07) is 0. The van der Waals surface area contributed by atoms with Crippen LogP contribution in [0.15, 0.2) is 9.26 Å². The van der Waals surface area contributed by atoms with Gasteiger partial charge in [-0.3, -0.25) is 19.2 Å². The van der Waals surface area contributed by atoms with Crippen LogP contribution in [0.25, 0.3) is 0 Å². The van der Waals surface area contributed by atoms with Gasteiger partial charge in [0.05, 0.1) is 0 Å². The zero-order valence-corrected chi connectivity index (χ0v) is 11.2. The lowest BCUT2D eigenvalue weighted by atomic mass is 10.1. The van der Waals surface area contributed by atoms with Crippen LogP contribution in [0.1, 0.15) is 34.8 Å². The van der Waals surface area contributed by atoms with Gasteiger partial charge < -0.3 is 10.6 Å². The van der Waals surface area contributed by atoms with E-state index in [1.54, 1.807) is 0 Å². The predicted octanol–water partition coefficient (Wildman–Crippen LogP) is -0.565. The lowest BCUT2D eigenvalue weighted by Gasteiger charge is -1.99. The van der Waals surface area contributed by atoms with Crippen molar-refractivity contribution in [2.75, 3.05) is 10.6 Å². The van der Waals surface area contributed by atoms with E-state index in [4.69, 9.17) is 0 Å². The van der Waals surface area contributed by atoms with Crippen LogP contribution in [-0.2, 0) is 9.59 Å². The topological polar surface area (TPSA) is 170 Å². The maximum absolute atomic E-state index is 12.1. The Kier molecular flexibility index (Phi) is 4.01. The molecule has 2 amide bonds. The Hall–Kier alpha value is -3.44. The van der Waals surface area contributed by atoms with Gasteiger partial charge >= 0.3 is 0 Å². The van der Waals surface area contributed by atoms with E-state index in [2.05, 4.69) is 40.5 Å². The summed E-state index contributed by atoms with van der Waals surface area (Å²) >= 11 is 0. The van der Waals surface area contributed by atoms with Crippen molar-refractivity contribution < 1.29 is 28.4 Å². The molecule has 114 valence electrons. The molecule has 12 heteroatoms. The van der Waals surface area contributed by atoms with E-state index >= 15 is 0 Å². The number of carbonyl (C=O) groups excluding carboxylic acids is 4. The number of carbonyl (C=O) groups is 4. The van der Waals surface area contributed by atoms with Crippen molar-refractivity contribution in [3.05, 3.63) is 11.4 Å². The average Bonchev–Trinajstić information content (AvgIpc) is 3.05. The normalized spacial score (nSPS) is 10.1. The number of aromatic nitrogens is 4. The molecule has 22 heavy (non-hydrogen) atoms. The second-order valence-corrected chi connectivity index (χ2v) is 3.94. The van der Waals surface area contributed by atoms with Gasteiger partial charge in [0, 0.05) is 13.8 Å². The minimum atomic E-state index is -1.17. The highest BCUT2D eigenvalue weighted by Gasteiger charge is 2.31. The molecule has 2 N–H and O–H groups in total. The number of hydrogen-bond acceptors (Lipinski definition) is 10. The Balaban J connectivity index is 2.29. The molecule has 0 saturated carbocycles. The molecule has 0 radical (unpaired) electrons. The van der Waals surface area contributed by atoms with Crippen LogP contribution in [0, 0.1) is 0 Å². The van der Waals surface area contributed by atoms with E-state index in [0.29, 0.717) is 0 Å². The third-order valence-electron chi connectivity index (χ3n) is 2.20. The summed E-state index contributed by atoms with van der Waals surface area (Å²) in [5.74, 6) is -4.06. The van der Waals surface area contributed by atoms with Crippen molar-refractivity contribution in [1.82, 2.24) is 20.6 Å². The fourth-order valence-corrected chi connectivity index (χ4v) is 1.39. The zero-order valence-electron chi connectivity index (χ0n) is 11.2. The fraction of sp³-hybridized carbons (Fsp3) is 0.200. The molecule has 0 spiro atoms. The summed E-state index contributed by atoms with van der Waals surface area (Å²) in [5.41, 5.74) is -1.03. The number of amides is 2. The Morgan fingerprint density at radius 3 is 1.41 bits per heavy atom. The van der Waals surface area contributed by atoms with Crippen LogP contribution >= 0.6 is 0 Å². The van der Waals surface area contributed by atoms with Gasteiger partial charge in [0.1, 0.15) is 0 Å². The van der Waals surface area contributed by atoms with Gasteiger partial charge in [-0.1, -0.05) is 0 Å². The van der Waals surface area contributed by atoms with Crippen molar-refractivity contribution in [3.8, 4) is 0 Å². The van der Waals surface area contributed by atoms with Crippen LogP contribution < -0.4 is 10.6 Å². The van der Waals surface area contributed by atoms with Gasteiger partial charge in [0.15, 0.2) is 0 Å². The quantitative estimate of drug-likeness (QED) is 0.538. The van der Waals surface area contributed by atoms with Gasteiger partial charge in [-0.2, -0.15) is 0 Å². The van der Waals surface area contributed by atoms with E-state index < -0.39 is 34.8 Å². The SMILES string of the molecule is CC(=O)Nc1nonc1C(=O)C(=O)c1nonc1NC(C)=O. The predicted molar refractivity (Wildman–Crippen MR) is 65.9 cm³/mol. The molecule has 2 rings (SSSR count). The summed E-state index contributed by atoms with van der Waals surface area (Å²) < 4.78 is 8.63. The molecule has 0 aromatic carbocycles. The number of rotatable bonds is 5.